The highest BCUT2D eigenvalue weighted by molar-refractivity contribution is 7.62. The average molecular weight is 285 g/mol. The fraction of sp³-hybridized carbons (Fsp3) is 0.400. The molecular formula is C10H15N5O3S. The first-order chi connectivity index (χ1) is 8.88. The van der Waals surface area contributed by atoms with Crippen molar-refractivity contribution in [2.24, 2.45) is 4.36 Å². The van der Waals surface area contributed by atoms with Crippen molar-refractivity contribution in [2.45, 2.75) is 27.7 Å². The lowest BCUT2D eigenvalue weighted by atomic mass is 10.6. The Labute approximate surface area is 112 Å². The molecule has 0 aromatic carbocycles. The number of carbonyl (C=O) groups excluding carboxylic acids is 1. The molecule has 0 fully saturated rings. The first kappa shape index (κ1) is 16.8. The monoisotopic (exact) mass is 285 g/mol. The van der Waals surface area contributed by atoms with Gasteiger partial charge in [-0.1, -0.05) is 16.5 Å². The van der Waals surface area contributed by atoms with Crippen LogP contribution in [0.5, 0.6) is 0 Å². The van der Waals surface area contributed by atoms with E-state index in [0.29, 0.717) is 11.6 Å². The Kier molecular flexibility index (Phi) is 7.85. The van der Waals surface area contributed by atoms with E-state index in [1.54, 1.807) is 13.8 Å². The minimum atomic E-state index is -2.79. The van der Waals surface area contributed by atoms with Gasteiger partial charge in [0.05, 0.1) is 0 Å². The molecule has 19 heavy (non-hydrogen) atoms. The molecule has 0 aliphatic heterocycles. The van der Waals surface area contributed by atoms with E-state index in [1.807, 2.05) is 26.0 Å². The van der Waals surface area contributed by atoms with E-state index in [4.69, 9.17) is 0 Å². The van der Waals surface area contributed by atoms with E-state index in [-0.39, 0.29) is 5.95 Å². The number of aryl methyl sites for hydroxylation is 2. The lowest BCUT2D eigenvalue weighted by Crippen LogP contribution is -2.11. The predicted octanol–water partition coefficient (Wildman–Crippen LogP) is 1.67. The highest BCUT2D eigenvalue weighted by atomic mass is 32.2. The minimum absolute atomic E-state index is 0.0285. The van der Waals surface area contributed by atoms with Crippen LogP contribution in [0.4, 0.5) is 10.7 Å². The molecule has 0 unspecified atom stereocenters. The van der Waals surface area contributed by atoms with Gasteiger partial charge < -0.3 is 0 Å². The largest absolute Gasteiger partial charge is 0.362 e. The lowest BCUT2D eigenvalue weighted by Gasteiger charge is -2.00. The molecule has 0 bridgehead atoms. The summed E-state index contributed by atoms with van der Waals surface area (Å²) >= 11 is 0. The maximum Gasteiger partial charge on any atom is 0.362 e. The number of hydrogen-bond acceptors (Lipinski definition) is 6. The summed E-state index contributed by atoms with van der Waals surface area (Å²) in [5.41, 5.74) is 0. The summed E-state index contributed by atoms with van der Waals surface area (Å²) in [6.07, 6.45) is 4.00. The molecule has 8 nitrogen and oxygen atoms in total. The number of hydrogen-bond donors (Lipinski definition) is 1. The van der Waals surface area contributed by atoms with Crippen LogP contribution in [0.25, 0.3) is 0 Å². The van der Waals surface area contributed by atoms with E-state index >= 15 is 0 Å². The SMILES string of the molecule is CC=CC.Cc1nc(C)nc(NC(=O)N=S(=O)=O)n1. The molecular weight excluding hydrogens is 270 g/mol. The standard InChI is InChI=1S/C6H7N5O3S.C4H8/c1-3-7-4(2)9-5(8-3)10-6(12)11-15(13)14;1-3-4-2/h1-2H3,(H,7,8,9,10,12);3-4H,1-2H3. The second kappa shape index (κ2) is 8.86. The number of amides is 2. The van der Waals surface area contributed by atoms with E-state index < -0.39 is 16.5 Å². The van der Waals surface area contributed by atoms with Gasteiger partial charge >= 0.3 is 16.5 Å². The number of aromatic nitrogens is 3. The topological polar surface area (TPSA) is 114 Å². The second-order valence-electron chi connectivity index (χ2n) is 3.16. The van der Waals surface area contributed by atoms with Crippen molar-refractivity contribution in [3.63, 3.8) is 0 Å². The predicted molar refractivity (Wildman–Crippen MR) is 70.2 cm³/mol. The van der Waals surface area contributed by atoms with Crippen molar-refractivity contribution in [1.29, 1.82) is 0 Å². The van der Waals surface area contributed by atoms with Crippen LogP contribution in [0, 0.1) is 13.8 Å². The number of carbonyl (C=O) groups is 1. The Bertz CT molecular complexity index is 563. The van der Waals surface area contributed by atoms with Crippen LogP contribution in [0.2, 0.25) is 0 Å². The number of allylic oxidation sites excluding steroid dienone is 2. The van der Waals surface area contributed by atoms with Crippen LogP contribution in [-0.4, -0.2) is 29.4 Å². The summed E-state index contributed by atoms with van der Waals surface area (Å²) in [4.78, 5) is 22.3. The summed E-state index contributed by atoms with van der Waals surface area (Å²) in [5.74, 6) is 0.807. The van der Waals surface area contributed by atoms with Gasteiger partial charge in [0.2, 0.25) is 5.95 Å². The molecule has 2 amide bonds. The van der Waals surface area contributed by atoms with Crippen molar-refractivity contribution in [2.75, 3.05) is 5.32 Å². The minimum Gasteiger partial charge on any atom is -0.273 e. The summed E-state index contributed by atoms with van der Waals surface area (Å²) in [5, 5.41) is 2.09. The molecule has 0 saturated carbocycles. The molecule has 0 aliphatic carbocycles. The molecule has 1 rings (SSSR count). The van der Waals surface area contributed by atoms with Crippen LogP contribution in [0.15, 0.2) is 16.5 Å². The van der Waals surface area contributed by atoms with Crippen molar-refractivity contribution in [3.8, 4) is 0 Å². The van der Waals surface area contributed by atoms with E-state index in [1.165, 1.54) is 0 Å². The zero-order valence-corrected chi connectivity index (χ0v) is 11.9. The maximum atomic E-state index is 10.9. The molecule has 0 atom stereocenters. The van der Waals surface area contributed by atoms with Gasteiger partial charge in [-0.25, -0.2) is 9.78 Å². The van der Waals surface area contributed by atoms with Gasteiger partial charge in [-0.05, 0) is 27.7 Å². The van der Waals surface area contributed by atoms with Gasteiger partial charge in [0.25, 0.3) is 0 Å². The fourth-order valence-corrected chi connectivity index (χ4v) is 1.04. The van der Waals surface area contributed by atoms with Crippen LogP contribution in [0.3, 0.4) is 0 Å². The smallest absolute Gasteiger partial charge is 0.273 e. The van der Waals surface area contributed by atoms with Crippen molar-refractivity contribution < 1.29 is 13.2 Å². The molecule has 1 heterocycles. The summed E-state index contributed by atoms with van der Waals surface area (Å²) in [6, 6.07) is -1.05. The molecule has 0 aliphatic rings. The van der Waals surface area contributed by atoms with Crippen molar-refractivity contribution >= 4 is 22.5 Å². The average Bonchev–Trinajstić information content (AvgIpc) is 2.26. The number of nitrogens with zero attached hydrogens (tertiary/aromatic N) is 4. The van der Waals surface area contributed by atoms with Gasteiger partial charge in [-0.3, -0.25) is 5.32 Å². The molecule has 0 radical (unpaired) electrons. The normalized spacial score (nSPS) is 9.47. The van der Waals surface area contributed by atoms with Crippen molar-refractivity contribution in [3.05, 3.63) is 23.8 Å². The highest BCUT2D eigenvalue weighted by Gasteiger charge is 2.04. The first-order valence-corrected chi connectivity index (χ1v) is 6.31. The highest BCUT2D eigenvalue weighted by Crippen LogP contribution is 1.99. The fourth-order valence-electron chi connectivity index (χ4n) is 0.858. The third-order valence-corrected chi connectivity index (χ3v) is 1.88. The number of nitrogens with one attached hydrogen (secondary N) is 1. The van der Waals surface area contributed by atoms with Gasteiger partial charge in [0.15, 0.2) is 0 Å². The molecule has 1 N–H and O–H groups in total. The number of rotatable bonds is 1. The maximum absolute atomic E-state index is 10.9. The molecule has 104 valence electrons. The molecule has 0 saturated heterocycles. The Hall–Kier alpha value is -2.16. The van der Waals surface area contributed by atoms with E-state index in [2.05, 4.69) is 24.6 Å². The van der Waals surface area contributed by atoms with Crippen LogP contribution in [-0.2, 0) is 10.5 Å². The van der Waals surface area contributed by atoms with Crippen LogP contribution in [0.1, 0.15) is 25.5 Å². The third kappa shape index (κ3) is 8.55. The Morgan fingerprint density at radius 1 is 1.11 bits per heavy atom. The number of urea groups is 1. The lowest BCUT2D eigenvalue weighted by molar-refractivity contribution is 0.259. The van der Waals surface area contributed by atoms with Crippen molar-refractivity contribution in [1.82, 2.24) is 15.0 Å². The molecule has 9 heteroatoms. The van der Waals surface area contributed by atoms with Crippen LogP contribution < -0.4 is 5.32 Å². The molecule has 1 aromatic heterocycles. The Balaban J connectivity index is 0.000000711. The Morgan fingerprint density at radius 2 is 1.58 bits per heavy atom. The van der Waals surface area contributed by atoms with Gasteiger partial charge in [0, 0.05) is 0 Å². The second-order valence-corrected chi connectivity index (χ2v) is 3.78. The van der Waals surface area contributed by atoms with E-state index in [0.717, 1.165) is 0 Å². The first-order valence-electron chi connectivity index (χ1n) is 5.27. The molecule has 0 spiro atoms. The van der Waals surface area contributed by atoms with Gasteiger partial charge in [-0.15, -0.1) is 0 Å². The molecule has 1 aromatic rings. The third-order valence-electron chi connectivity index (χ3n) is 1.57. The van der Waals surface area contributed by atoms with Gasteiger partial charge in [-0.2, -0.15) is 18.4 Å². The van der Waals surface area contributed by atoms with Crippen LogP contribution >= 0.6 is 0 Å². The summed E-state index contributed by atoms with van der Waals surface area (Å²) < 4.78 is 22.8. The Morgan fingerprint density at radius 3 is 1.95 bits per heavy atom. The summed E-state index contributed by atoms with van der Waals surface area (Å²) in [6.45, 7) is 7.24. The quantitative estimate of drug-likeness (QED) is 0.785. The van der Waals surface area contributed by atoms with E-state index in [9.17, 15) is 13.2 Å². The van der Waals surface area contributed by atoms with Gasteiger partial charge in [0.1, 0.15) is 11.6 Å². The zero-order chi connectivity index (χ0) is 14.8. The summed E-state index contributed by atoms with van der Waals surface area (Å²) in [7, 11) is -2.79. The zero-order valence-electron chi connectivity index (χ0n) is 11.1. The number of anilines is 1.